The molecular weight excluding hydrogens is 149 g/mol. The molecule has 0 aliphatic carbocycles. The lowest BCUT2D eigenvalue weighted by Gasteiger charge is -2.01. The highest BCUT2D eigenvalue weighted by Crippen LogP contribution is 1.99. The van der Waals surface area contributed by atoms with E-state index in [4.69, 9.17) is 5.41 Å². The van der Waals surface area contributed by atoms with Gasteiger partial charge < -0.3 is 10.1 Å². The molecule has 0 spiro atoms. The van der Waals surface area contributed by atoms with Gasteiger partial charge in [0.15, 0.2) is 0 Å². The number of halogens is 1. The minimum absolute atomic E-state index is 0.0185. The van der Waals surface area contributed by atoms with Gasteiger partial charge in [0.2, 0.25) is 0 Å². The van der Waals surface area contributed by atoms with E-state index < -0.39 is 12.6 Å². The number of rotatable bonds is 3. The van der Waals surface area contributed by atoms with E-state index in [9.17, 15) is 9.18 Å². The smallest absolute Gasteiger partial charge is 0.339 e. The maximum atomic E-state index is 11.8. The van der Waals surface area contributed by atoms with Gasteiger partial charge in [0.05, 0.1) is 18.4 Å². The van der Waals surface area contributed by atoms with Gasteiger partial charge in [-0.05, 0) is 6.92 Å². The number of hydrogen-bond donors (Lipinski definition) is 1. The van der Waals surface area contributed by atoms with Crippen molar-refractivity contribution >= 4 is 11.7 Å². The van der Waals surface area contributed by atoms with Crippen LogP contribution in [0.1, 0.15) is 6.92 Å². The van der Waals surface area contributed by atoms with Crippen LogP contribution in [0.2, 0.25) is 0 Å². The van der Waals surface area contributed by atoms with Crippen LogP contribution in [0.4, 0.5) is 4.39 Å². The standard InChI is InChI=1S/C7H10FNO2/c1-3-5(6(9)4-8)7(10)11-2/h3,9H,4H2,1-2H3/b5-3+,9-6?. The third-order valence-corrected chi connectivity index (χ3v) is 1.15. The Morgan fingerprint density at radius 2 is 2.27 bits per heavy atom. The van der Waals surface area contributed by atoms with Crippen LogP contribution in [0, 0.1) is 5.41 Å². The number of ether oxygens (including phenoxy) is 1. The van der Waals surface area contributed by atoms with Gasteiger partial charge in [-0.3, -0.25) is 0 Å². The molecule has 0 saturated heterocycles. The summed E-state index contributed by atoms with van der Waals surface area (Å²) in [6.45, 7) is 0.602. The lowest BCUT2D eigenvalue weighted by atomic mass is 10.1. The Labute approximate surface area is 64.4 Å². The first-order valence-corrected chi connectivity index (χ1v) is 3.05. The van der Waals surface area contributed by atoms with Crippen LogP contribution in [0.5, 0.6) is 0 Å². The monoisotopic (exact) mass is 159 g/mol. The van der Waals surface area contributed by atoms with Crippen LogP contribution in [-0.2, 0) is 9.53 Å². The topological polar surface area (TPSA) is 50.2 Å². The number of methoxy groups -OCH3 is 1. The van der Waals surface area contributed by atoms with Crippen molar-refractivity contribution in [2.45, 2.75) is 6.92 Å². The first kappa shape index (κ1) is 9.81. The molecule has 0 saturated carbocycles. The van der Waals surface area contributed by atoms with Gasteiger partial charge in [0.25, 0.3) is 0 Å². The fourth-order valence-corrected chi connectivity index (χ4v) is 0.597. The molecule has 0 unspecified atom stereocenters. The predicted octanol–water partition coefficient (Wildman–Crippen LogP) is 1.09. The van der Waals surface area contributed by atoms with Crippen LogP contribution in [0.25, 0.3) is 0 Å². The average molecular weight is 159 g/mol. The van der Waals surface area contributed by atoms with Gasteiger partial charge in [-0.1, -0.05) is 6.08 Å². The van der Waals surface area contributed by atoms with Crippen molar-refractivity contribution < 1.29 is 13.9 Å². The number of hydrogen-bond acceptors (Lipinski definition) is 3. The van der Waals surface area contributed by atoms with E-state index in [1.807, 2.05) is 0 Å². The Bertz CT molecular complexity index is 181. The van der Waals surface area contributed by atoms with E-state index >= 15 is 0 Å². The zero-order valence-electron chi connectivity index (χ0n) is 6.48. The van der Waals surface area contributed by atoms with E-state index in [1.165, 1.54) is 13.2 Å². The quantitative estimate of drug-likeness (QED) is 0.380. The van der Waals surface area contributed by atoms with Crippen molar-refractivity contribution in [3.05, 3.63) is 11.6 Å². The molecule has 0 radical (unpaired) electrons. The summed E-state index contributed by atoms with van der Waals surface area (Å²) >= 11 is 0. The third kappa shape index (κ3) is 2.49. The molecule has 0 bridgehead atoms. The van der Waals surface area contributed by atoms with Gasteiger partial charge in [0, 0.05) is 0 Å². The molecule has 0 aliphatic heterocycles. The van der Waals surface area contributed by atoms with Crippen LogP contribution < -0.4 is 0 Å². The van der Waals surface area contributed by atoms with Crippen molar-refractivity contribution in [2.75, 3.05) is 13.8 Å². The summed E-state index contributed by atoms with van der Waals surface area (Å²) in [5, 5.41) is 6.98. The van der Waals surface area contributed by atoms with Crippen LogP contribution in [0.3, 0.4) is 0 Å². The highest BCUT2D eigenvalue weighted by atomic mass is 19.1. The van der Waals surface area contributed by atoms with E-state index in [-0.39, 0.29) is 11.3 Å². The Hall–Kier alpha value is -1.19. The largest absolute Gasteiger partial charge is 0.465 e. The second-order valence-electron chi connectivity index (χ2n) is 1.81. The van der Waals surface area contributed by atoms with Gasteiger partial charge in [-0.2, -0.15) is 0 Å². The van der Waals surface area contributed by atoms with E-state index in [0.717, 1.165) is 0 Å². The second-order valence-corrected chi connectivity index (χ2v) is 1.81. The summed E-state index contributed by atoms with van der Waals surface area (Å²) in [6, 6.07) is 0. The van der Waals surface area contributed by atoms with Gasteiger partial charge in [0.1, 0.15) is 6.67 Å². The number of alkyl halides is 1. The molecule has 0 aromatic rings. The van der Waals surface area contributed by atoms with E-state index in [1.54, 1.807) is 6.92 Å². The van der Waals surface area contributed by atoms with Gasteiger partial charge >= 0.3 is 5.97 Å². The molecule has 0 aromatic heterocycles. The highest BCUT2D eigenvalue weighted by Gasteiger charge is 2.12. The SMILES string of the molecule is C/C=C(\C(=N)CF)C(=O)OC. The maximum Gasteiger partial charge on any atom is 0.339 e. The Morgan fingerprint density at radius 1 is 1.73 bits per heavy atom. The lowest BCUT2D eigenvalue weighted by Crippen LogP contribution is -2.14. The molecule has 4 heteroatoms. The van der Waals surface area contributed by atoms with E-state index in [0.29, 0.717) is 0 Å². The Morgan fingerprint density at radius 3 is 2.55 bits per heavy atom. The Balaban J connectivity index is 4.43. The van der Waals surface area contributed by atoms with Gasteiger partial charge in [-0.25, -0.2) is 9.18 Å². The molecule has 0 rings (SSSR count). The summed E-state index contributed by atoms with van der Waals surface area (Å²) < 4.78 is 16.2. The summed E-state index contributed by atoms with van der Waals surface area (Å²) in [4.78, 5) is 10.7. The molecule has 0 heterocycles. The van der Waals surface area contributed by atoms with Crippen molar-refractivity contribution in [1.82, 2.24) is 0 Å². The number of esters is 1. The number of carbonyl (C=O) groups excluding carboxylic acids is 1. The summed E-state index contributed by atoms with van der Waals surface area (Å²) in [6.07, 6.45) is 1.35. The van der Waals surface area contributed by atoms with Crippen molar-refractivity contribution in [3.63, 3.8) is 0 Å². The third-order valence-electron chi connectivity index (χ3n) is 1.15. The summed E-state index contributed by atoms with van der Waals surface area (Å²) in [7, 11) is 1.19. The summed E-state index contributed by atoms with van der Waals surface area (Å²) in [5.74, 6) is -0.671. The zero-order valence-corrected chi connectivity index (χ0v) is 6.48. The van der Waals surface area contributed by atoms with Crippen LogP contribution in [-0.4, -0.2) is 25.5 Å². The zero-order chi connectivity index (χ0) is 8.85. The average Bonchev–Trinajstić information content (AvgIpc) is 2.05. The van der Waals surface area contributed by atoms with Gasteiger partial charge in [-0.15, -0.1) is 0 Å². The minimum atomic E-state index is -0.950. The first-order chi connectivity index (χ1) is 5.17. The second kappa shape index (κ2) is 4.60. The maximum absolute atomic E-state index is 11.8. The fourth-order valence-electron chi connectivity index (χ4n) is 0.597. The number of allylic oxidation sites excluding steroid dienone is 1. The minimum Gasteiger partial charge on any atom is -0.465 e. The number of nitrogens with one attached hydrogen (secondary N) is 1. The molecule has 62 valence electrons. The van der Waals surface area contributed by atoms with Crippen LogP contribution in [0.15, 0.2) is 11.6 Å². The predicted molar refractivity (Wildman–Crippen MR) is 39.5 cm³/mol. The molecule has 0 aliphatic rings. The normalized spacial score (nSPS) is 11.0. The molecule has 11 heavy (non-hydrogen) atoms. The lowest BCUT2D eigenvalue weighted by molar-refractivity contribution is -0.135. The summed E-state index contributed by atoms with van der Waals surface area (Å²) in [5.41, 5.74) is -0.366. The molecule has 1 N–H and O–H groups in total. The molecule has 0 atom stereocenters. The molecule has 0 amide bonds. The van der Waals surface area contributed by atoms with Crippen molar-refractivity contribution in [1.29, 1.82) is 5.41 Å². The van der Waals surface area contributed by atoms with Crippen molar-refractivity contribution in [2.24, 2.45) is 0 Å². The molecular formula is C7H10FNO2. The fraction of sp³-hybridized carbons (Fsp3) is 0.429. The molecule has 0 fully saturated rings. The first-order valence-electron chi connectivity index (χ1n) is 3.05. The van der Waals surface area contributed by atoms with E-state index in [2.05, 4.69) is 4.74 Å². The van der Waals surface area contributed by atoms with Crippen LogP contribution >= 0.6 is 0 Å². The molecule has 0 aromatic carbocycles. The highest BCUT2D eigenvalue weighted by molar-refractivity contribution is 6.18. The Kier molecular flexibility index (Phi) is 4.10. The number of carbonyl (C=O) groups is 1. The molecule has 3 nitrogen and oxygen atoms in total. The van der Waals surface area contributed by atoms with Crippen molar-refractivity contribution in [3.8, 4) is 0 Å².